The Bertz CT molecular complexity index is 1080. The molecule has 164 valence electrons. The van der Waals surface area contributed by atoms with Crippen LogP contribution in [0.2, 0.25) is 0 Å². The second-order valence-electron chi connectivity index (χ2n) is 6.96. The number of ether oxygens (including phenoxy) is 1. The standard InChI is InChI=1S/C21H23F2N5O3/c1-13-9-15(3-4-18(13)31-12-19(22)23)10-28-11-16-17(27-28)5-6-25-20(16)21(30)26-8-7-24-14(2)29/h3-6,9,11,19H,7-8,10,12H2,1-2H3,(H,24,29)(H,26,30). The molecule has 0 saturated carbocycles. The molecule has 2 N–H and O–H groups in total. The van der Waals surface area contributed by atoms with Crippen LogP contribution in [-0.2, 0) is 11.3 Å². The molecule has 0 bridgehead atoms. The van der Waals surface area contributed by atoms with Crippen LogP contribution in [0.3, 0.4) is 0 Å². The Balaban J connectivity index is 1.71. The van der Waals surface area contributed by atoms with Crippen molar-refractivity contribution in [1.29, 1.82) is 0 Å². The lowest BCUT2D eigenvalue weighted by molar-refractivity contribution is -0.118. The van der Waals surface area contributed by atoms with Crippen molar-refractivity contribution >= 4 is 22.7 Å². The second-order valence-corrected chi connectivity index (χ2v) is 6.96. The van der Waals surface area contributed by atoms with E-state index in [-0.39, 0.29) is 24.1 Å². The Kier molecular flexibility index (Phi) is 7.11. The van der Waals surface area contributed by atoms with Gasteiger partial charge in [-0.15, -0.1) is 0 Å². The first-order valence-corrected chi connectivity index (χ1v) is 9.68. The van der Waals surface area contributed by atoms with Gasteiger partial charge in [-0.2, -0.15) is 5.10 Å². The van der Waals surface area contributed by atoms with Crippen molar-refractivity contribution in [3.8, 4) is 5.75 Å². The number of amides is 2. The number of benzene rings is 1. The van der Waals surface area contributed by atoms with E-state index in [1.54, 1.807) is 36.0 Å². The molecule has 10 heteroatoms. The van der Waals surface area contributed by atoms with Gasteiger partial charge in [0, 0.05) is 32.4 Å². The average molecular weight is 431 g/mol. The van der Waals surface area contributed by atoms with Crippen molar-refractivity contribution < 1.29 is 23.1 Å². The predicted octanol–water partition coefficient (Wildman–Crippen LogP) is 2.30. The van der Waals surface area contributed by atoms with Crippen LogP contribution in [0.1, 0.15) is 28.5 Å². The fourth-order valence-electron chi connectivity index (χ4n) is 3.07. The molecule has 0 aliphatic carbocycles. The topological polar surface area (TPSA) is 98.1 Å². The summed E-state index contributed by atoms with van der Waals surface area (Å²) in [6.45, 7) is 3.58. The molecule has 0 aliphatic heterocycles. The zero-order chi connectivity index (χ0) is 22.4. The molecule has 2 heterocycles. The number of aryl methyl sites for hydroxylation is 1. The van der Waals surface area contributed by atoms with E-state index in [0.717, 1.165) is 11.1 Å². The molecule has 1 aromatic carbocycles. The van der Waals surface area contributed by atoms with Gasteiger partial charge in [0.15, 0.2) is 0 Å². The monoisotopic (exact) mass is 431 g/mol. The number of carbonyl (C=O) groups is 2. The smallest absolute Gasteiger partial charge is 0.272 e. The van der Waals surface area contributed by atoms with Crippen LogP contribution in [0, 0.1) is 6.92 Å². The maximum absolute atomic E-state index is 12.5. The van der Waals surface area contributed by atoms with E-state index in [9.17, 15) is 18.4 Å². The zero-order valence-electron chi connectivity index (χ0n) is 17.2. The molecule has 3 aromatic rings. The summed E-state index contributed by atoms with van der Waals surface area (Å²) in [6, 6.07) is 7.01. The molecule has 3 rings (SSSR count). The van der Waals surface area contributed by atoms with Crippen LogP contribution in [-0.4, -0.2) is 52.7 Å². The molecule has 0 spiro atoms. The molecule has 0 fully saturated rings. The van der Waals surface area contributed by atoms with Gasteiger partial charge in [-0.25, -0.2) is 8.78 Å². The van der Waals surface area contributed by atoms with Gasteiger partial charge in [0.1, 0.15) is 18.1 Å². The van der Waals surface area contributed by atoms with Gasteiger partial charge in [-0.3, -0.25) is 19.3 Å². The number of nitrogens with one attached hydrogen (secondary N) is 2. The van der Waals surface area contributed by atoms with Gasteiger partial charge in [0.2, 0.25) is 5.91 Å². The predicted molar refractivity (Wildman–Crippen MR) is 110 cm³/mol. The number of rotatable bonds is 9. The number of hydrogen-bond donors (Lipinski definition) is 2. The number of nitrogens with zero attached hydrogens (tertiary/aromatic N) is 3. The van der Waals surface area contributed by atoms with Gasteiger partial charge in [0.25, 0.3) is 12.3 Å². The Morgan fingerprint density at radius 2 is 1.97 bits per heavy atom. The number of alkyl halides is 2. The third-order valence-electron chi connectivity index (χ3n) is 4.43. The van der Waals surface area contributed by atoms with Gasteiger partial charge in [-0.1, -0.05) is 12.1 Å². The first-order valence-electron chi connectivity index (χ1n) is 9.68. The fraction of sp³-hybridized carbons (Fsp3) is 0.333. The van der Waals surface area contributed by atoms with Crippen LogP contribution in [0.15, 0.2) is 36.7 Å². The molecule has 31 heavy (non-hydrogen) atoms. The van der Waals surface area contributed by atoms with E-state index >= 15 is 0 Å². The third-order valence-corrected chi connectivity index (χ3v) is 4.43. The van der Waals surface area contributed by atoms with E-state index in [2.05, 4.69) is 20.7 Å². The lowest BCUT2D eigenvalue weighted by Crippen LogP contribution is -2.34. The minimum Gasteiger partial charge on any atom is -0.487 e. The van der Waals surface area contributed by atoms with Crippen molar-refractivity contribution in [1.82, 2.24) is 25.4 Å². The minimum absolute atomic E-state index is 0.167. The maximum atomic E-state index is 12.5. The largest absolute Gasteiger partial charge is 0.487 e. The molecular weight excluding hydrogens is 408 g/mol. The highest BCUT2D eigenvalue weighted by molar-refractivity contribution is 6.04. The average Bonchev–Trinajstić information content (AvgIpc) is 3.12. The highest BCUT2D eigenvalue weighted by Crippen LogP contribution is 2.21. The lowest BCUT2D eigenvalue weighted by atomic mass is 10.1. The number of carbonyl (C=O) groups excluding carboxylic acids is 2. The van der Waals surface area contributed by atoms with Crippen LogP contribution in [0.5, 0.6) is 5.75 Å². The third kappa shape index (κ3) is 5.97. The summed E-state index contributed by atoms with van der Waals surface area (Å²) >= 11 is 0. The lowest BCUT2D eigenvalue weighted by Gasteiger charge is -2.10. The Morgan fingerprint density at radius 3 is 2.68 bits per heavy atom. The number of hydrogen-bond acceptors (Lipinski definition) is 5. The summed E-state index contributed by atoms with van der Waals surface area (Å²) in [6.07, 6.45) is 0.726. The van der Waals surface area contributed by atoms with Gasteiger partial charge >= 0.3 is 0 Å². The molecule has 0 saturated heterocycles. The van der Waals surface area contributed by atoms with Gasteiger partial charge in [-0.05, 0) is 30.2 Å². The number of aromatic nitrogens is 3. The quantitative estimate of drug-likeness (QED) is 0.507. The molecule has 0 atom stereocenters. The first-order chi connectivity index (χ1) is 14.8. The Morgan fingerprint density at radius 1 is 1.19 bits per heavy atom. The highest BCUT2D eigenvalue weighted by Gasteiger charge is 2.14. The zero-order valence-corrected chi connectivity index (χ0v) is 17.2. The van der Waals surface area contributed by atoms with Gasteiger partial charge < -0.3 is 15.4 Å². The van der Waals surface area contributed by atoms with E-state index in [4.69, 9.17) is 4.74 Å². The minimum atomic E-state index is -2.53. The van der Waals surface area contributed by atoms with Crippen molar-refractivity contribution in [2.75, 3.05) is 19.7 Å². The van der Waals surface area contributed by atoms with Crippen LogP contribution < -0.4 is 15.4 Å². The van der Waals surface area contributed by atoms with Gasteiger partial charge in [0.05, 0.1) is 17.4 Å². The number of fused-ring (bicyclic) bond motifs is 1. The molecule has 0 radical (unpaired) electrons. The molecule has 0 unspecified atom stereocenters. The van der Waals surface area contributed by atoms with Crippen LogP contribution in [0.4, 0.5) is 8.78 Å². The molecule has 8 nitrogen and oxygen atoms in total. The van der Waals surface area contributed by atoms with Crippen LogP contribution in [0.25, 0.3) is 10.9 Å². The SMILES string of the molecule is CC(=O)NCCNC(=O)c1nccc2nn(Cc3ccc(OCC(F)F)c(C)c3)cc12. The van der Waals surface area contributed by atoms with E-state index in [1.807, 2.05) is 6.07 Å². The van der Waals surface area contributed by atoms with E-state index in [0.29, 0.717) is 29.7 Å². The fourth-order valence-corrected chi connectivity index (χ4v) is 3.07. The molecular formula is C21H23F2N5O3. The Hall–Kier alpha value is -3.56. The Labute approximate surface area is 177 Å². The van der Waals surface area contributed by atoms with Crippen molar-refractivity contribution in [2.24, 2.45) is 0 Å². The first kappa shape index (κ1) is 22.1. The summed E-state index contributed by atoms with van der Waals surface area (Å²) in [5, 5.41) is 10.4. The van der Waals surface area contributed by atoms with Crippen molar-refractivity contribution in [3.63, 3.8) is 0 Å². The van der Waals surface area contributed by atoms with Crippen LogP contribution >= 0.6 is 0 Å². The van der Waals surface area contributed by atoms with Crippen molar-refractivity contribution in [2.45, 2.75) is 26.8 Å². The number of pyridine rings is 1. The summed E-state index contributed by atoms with van der Waals surface area (Å²) in [4.78, 5) is 27.5. The normalized spacial score (nSPS) is 11.0. The molecule has 2 aromatic heterocycles. The summed E-state index contributed by atoms with van der Waals surface area (Å²) in [5.41, 5.74) is 2.52. The van der Waals surface area contributed by atoms with E-state index in [1.165, 1.54) is 13.1 Å². The summed E-state index contributed by atoms with van der Waals surface area (Å²) in [5.74, 6) is -0.108. The number of halogens is 2. The highest BCUT2D eigenvalue weighted by atomic mass is 19.3. The second kappa shape index (κ2) is 9.96. The van der Waals surface area contributed by atoms with E-state index < -0.39 is 13.0 Å². The molecule has 0 aliphatic rings. The summed E-state index contributed by atoms with van der Waals surface area (Å²) < 4.78 is 31.5. The van der Waals surface area contributed by atoms with Crippen molar-refractivity contribution in [3.05, 3.63) is 53.5 Å². The summed E-state index contributed by atoms with van der Waals surface area (Å²) in [7, 11) is 0. The molecule has 2 amide bonds. The maximum Gasteiger partial charge on any atom is 0.272 e.